The van der Waals surface area contributed by atoms with Gasteiger partial charge in [-0.05, 0) is 11.4 Å². The van der Waals surface area contributed by atoms with Gasteiger partial charge in [0.2, 0.25) is 5.88 Å². The molecular weight excluding hydrogens is 266 g/mol. The van der Waals surface area contributed by atoms with E-state index in [1.54, 1.807) is 13.2 Å². The van der Waals surface area contributed by atoms with Crippen molar-refractivity contribution in [3.63, 3.8) is 0 Å². The molecule has 2 N–H and O–H groups in total. The average molecular weight is 281 g/mol. The number of hydrogen-bond acceptors (Lipinski definition) is 5. The zero-order chi connectivity index (χ0) is 13.8. The minimum absolute atomic E-state index is 0.150. The normalized spacial score (nSPS) is 12.2. The first-order valence-corrected chi connectivity index (χ1v) is 6.57. The Morgan fingerprint density at radius 1 is 1.68 bits per heavy atom. The van der Waals surface area contributed by atoms with Crippen LogP contribution in [0.2, 0.25) is 0 Å². The van der Waals surface area contributed by atoms with E-state index in [1.165, 1.54) is 23.1 Å². The van der Waals surface area contributed by atoms with Gasteiger partial charge in [-0.3, -0.25) is 9.48 Å². The molecule has 0 aliphatic rings. The zero-order valence-electron chi connectivity index (χ0n) is 10.7. The van der Waals surface area contributed by atoms with Crippen LogP contribution in [-0.4, -0.2) is 34.4 Å². The van der Waals surface area contributed by atoms with Crippen LogP contribution in [0.4, 0.5) is 0 Å². The highest BCUT2D eigenvalue weighted by Gasteiger charge is 2.17. The summed E-state index contributed by atoms with van der Waals surface area (Å²) in [5, 5.41) is 18.4. The van der Waals surface area contributed by atoms with E-state index in [0.29, 0.717) is 5.56 Å². The van der Waals surface area contributed by atoms with Gasteiger partial charge >= 0.3 is 0 Å². The van der Waals surface area contributed by atoms with E-state index >= 15 is 0 Å². The molecule has 1 amide bonds. The molecule has 0 radical (unpaired) electrons. The van der Waals surface area contributed by atoms with Crippen molar-refractivity contribution in [3.05, 3.63) is 34.2 Å². The minimum atomic E-state index is -0.702. The van der Waals surface area contributed by atoms with E-state index in [1.807, 2.05) is 17.5 Å². The van der Waals surface area contributed by atoms with Crippen LogP contribution in [0.1, 0.15) is 21.3 Å². The first-order valence-electron chi connectivity index (χ1n) is 5.69. The summed E-state index contributed by atoms with van der Waals surface area (Å²) >= 11 is 1.45. The van der Waals surface area contributed by atoms with Crippen molar-refractivity contribution in [2.45, 2.75) is 6.10 Å². The summed E-state index contributed by atoms with van der Waals surface area (Å²) < 4.78 is 6.52. The molecule has 102 valence electrons. The number of carbonyl (C=O) groups excluding carboxylic acids is 1. The maximum atomic E-state index is 12.0. The fraction of sp³-hybridized carbons (Fsp3) is 0.333. The molecule has 0 bridgehead atoms. The monoisotopic (exact) mass is 281 g/mol. The van der Waals surface area contributed by atoms with Gasteiger partial charge < -0.3 is 15.2 Å². The van der Waals surface area contributed by atoms with Gasteiger partial charge in [0, 0.05) is 24.7 Å². The molecule has 0 fully saturated rings. The number of ether oxygens (including phenoxy) is 1. The van der Waals surface area contributed by atoms with Crippen molar-refractivity contribution in [2.75, 3.05) is 13.7 Å². The molecule has 2 rings (SSSR count). The molecule has 1 unspecified atom stereocenters. The number of aromatic nitrogens is 2. The van der Waals surface area contributed by atoms with Gasteiger partial charge in [-0.25, -0.2) is 0 Å². The quantitative estimate of drug-likeness (QED) is 0.855. The standard InChI is InChI=1S/C12H15N3O3S/c1-15-7-8(12(14-15)18-2)11(17)13-6-9(16)10-4-3-5-19-10/h3-5,7,9,16H,6H2,1-2H3,(H,13,17). The zero-order valence-corrected chi connectivity index (χ0v) is 11.5. The number of aliphatic hydroxyl groups is 1. The fourth-order valence-corrected chi connectivity index (χ4v) is 2.35. The Morgan fingerprint density at radius 3 is 3.11 bits per heavy atom. The Bertz CT molecular complexity index is 551. The maximum absolute atomic E-state index is 12.0. The van der Waals surface area contributed by atoms with Gasteiger partial charge in [0.05, 0.1) is 7.11 Å². The summed E-state index contributed by atoms with van der Waals surface area (Å²) in [6.07, 6.45) is 0.873. The van der Waals surface area contributed by atoms with Crippen LogP contribution in [0.15, 0.2) is 23.7 Å². The average Bonchev–Trinajstić information content (AvgIpc) is 3.04. The molecule has 2 heterocycles. The number of nitrogens with one attached hydrogen (secondary N) is 1. The fourth-order valence-electron chi connectivity index (χ4n) is 1.64. The molecule has 0 aliphatic carbocycles. The van der Waals surface area contributed by atoms with E-state index < -0.39 is 6.10 Å². The molecule has 0 spiro atoms. The summed E-state index contributed by atoms with van der Waals surface area (Å²) in [6, 6.07) is 3.68. The lowest BCUT2D eigenvalue weighted by atomic mass is 10.2. The molecule has 0 saturated carbocycles. The molecule has 19 heavy (non-hydrogen) atoms. The predicted octanol–water partition coefficient (Wildman–Crippen LogP) is 0.954. The summed E-state index contributed by atoms with van der Waals surface area (Å²) in [6.45, 7) is 0.150. The molecule has 0 aliphatic heterocycles. The number of hydrogen-bond donors (Lipinski definition) is 2. The SMILES string of the molecule is COc1nn(C)cc1C(=O)NCC(O)c1cccs1. The number of thiophene rings is 1. The van der Waals surface area contributed by atoms with Gasteiger partial charge in [0.15, 0.2) is 0 Å². The number of rotatable bonds is 5. The van der Waals surface area contributed by atoms with E-state index in [4.69, 9.17) is 4.74 Å². The highest BCUT2D eigenvalue weighted by Crippen LogP contribution is 2.18. The molecule has 0 saturated heterocycles. The van der Waals surface area contributed by atoms with E-state index in [9.17, 15) is 9.90 Å². The maximum Gasteiger partial charge on any atom is 0.258 e. The van der Waals surface area contributed by atoms with Crippen molar-refractivity contribution < 1.29 is 14.6 Å². The highest BCUT2D eigenvalue weighted by atomic mass is 32.1. The van der Waals surface area contributed by atoms with Crippen molar-refractivity contribution >= 4 is 17.2 Å². The van der Waals surface area contributed by atoms with E-state index in [0.717, 1.165) is 4.88 Å². The highest BCUT2D eigenvalue weighted by molar-refractivity contribution is 7.10. The van der Waals surface area contributed by atoms with E-state index in [2.05, 4.69) is 10.4 Å². The number of nitrogens with zero attached hydrogens (tertiary/aromatic N) is 2. The van der Waals surface area contributed by atoms with Gasteiger partial charge in [-0.2, -0.15) is 0 Å². The van der Waals surface area contributed by atoms with Crippen LogP contribution in [0.5, 0.6) is 5.88 Å². The van der Waals surface area contributed by atoms with Crippen LogP contribution < -0.4 is 10.1 Å². The number of methoxy groups -OCH3 is 1. The summed E-state index contributed by atoms with van der Waals surface area (Å²) in [5.41, 5.74) is 0.350. The lowest BCUT2D eigenvalue weighted by Gasteiger charge is -2.09. The number of aryl methyl sites for hydroxylation is 1. The Labute approximate surface area is 114 Å². The second kappa shape index (κ2) is 5.85. The predicted molar refractivity (Wildman–Crippen MR) is 71.4 cm³/mol. The van der Waals surface area contributed by atoms with Gasteiger partial charge in [-0.15, -0.1) is 16.4 Å². The molecule has 6 nitrogen and oxygen atoms in total. The number of carbonyl (C=O) groups is 1. The third kappa shape index (κ3) is 3.12. The molecule has 1 atom stereocenters. The second-order valence-electron chi connectivity index (χ2n) is 3.97. The van der Waals surface area contributed by atoms with Crippen LogP contribution in [-0.2, 0) is 7.05 Å². The van der Waals surface area contributed by atoms with Crippen LogP contribution in [0.3, 0.4) is 0 Å². The Hall–Kier alpha value is -1.86. The van der Waals surface area contributed by atoms with Crippen LogP contribution >= 0.6 is 11.3 Å². The van der Waals surface area contributed by atoms with Crippen molar-refractivity contribution in [2.24, 2.45) is 7.05 Å². The molecule has 7 heteroatoms. The molecular formula is C12H15N3O3S. The first-order chi connectivity index (χ1) is 9.11. The second-order valence-corrected chi connectivity index (χ2v) is 4.95. The smallest absolute Gasteiger partial charge is 0.258 e. The number of aliphatic hydroxyl groups excluding tert-OH is 1. The van der Waals surface area contributed by atoms with Gasteiger partial charge in [-0.1, -0.05) is 6.07 Å². The minimum Gasteiger partial charge on any atom is -0.479 e. The lowest BCUT2D eigenvalue weighted by molar-refractivity contribution is 0.0915. The van der Waals surface area contributed by atoms with Crippen molar-refractivity contribution in [3.8, 4) is 5.88 Å². The van der Waals surface area contributed by atoms with Crippen molar-refractivity contribution in [1.29, 1.82) is 0 Å². The third-order valence-corrected chi connectivity index (χ3v) is 3.53. The lowest BCUT2D eigenvalue weighted by Crippen LogP contribution is -2.28. The summed E-state index contributed by atoms with van der Waals surface area (Å²) in [7, 11) is 3.17. The molecule has 2 aromatic heterocycles. The number of amides is 1. The topological polar surface area (TPSA) is 76.4 Å². The van der Waals surface area contributed by atoms with Crippen molar-refractivity contribution in [1.82, 2.24) is 15.1 Å². The summed E-state index contributed by atoms with van der Waals surface area (Å²) in [4.78, 5) is 12.8. The largest absolute Gasteiger partial charge is 0.479 e. The van der Waals surface area contributed by atoms with Crippen LogP contribution in [0.25, 0.3) is 0 Å². The molecule has 0 aromatic carbocycles. The Morgan fingerprint density at radius 2 is 2.47 bits per heavy atom. The Kier molecular flexibility index (Phi) is 4.18. The van der Waals surface area contributed by atoms with Crippen LogP contribution in [0, 0.1) is 0 Å². The third-order valence-electron chi connectivity index (χ3n) is 2.56. The Balaban J connectivity index is 1.97. The van der Waals surface area contributed by atoms with Gasteiger partial charge in [0.1, 0.15) is 11.7 Å². The van der Waals surface area contributed by atoms with E-state index in [-0.39, 0.29) is 18.3 Å². The first kappa shape index (κ1) is 13.6. The summed E-state index contributed by atoms with van der Waals surface area (Å²) in [5.74, 6) is -0.0498. The van der Waals surface area contributed by atoms with Gasteiger partial charge in [0.25, 0.3) is 5.91 Å². The molecule has 2 aromatic rings.